The standard InChI is InChI=1S/C16H33NO/c1-4-8-15(9-5-2)10-7-11-16-14-18-13-12-17(16)6-3/h15-16H,4-14H2,1-3H3. The molecule has 0 aromatic rings. The minimum Gasteiger partial charge on any atom is -0.378 e. The normalized spacial score (nSPS) is 21.7. The number of rotatable bonds is 9. The number of hydrogen-bond donors (Lipinski definition) is 0. The van der Waals surface area contributed by atoms with E-state index in [-0.39, 0.29) is 0 Å². The molecule has 1 saturated heterocycles. The molecular weight excluding hydrogens is 222 g/mol. The molecule has 1 atom stereocenters. The SMILES string of the molecule is CCCC(CCC)CCCC1COCCN1CC. The van der Waals surface area contributed by atoms with Crippen LogP contribution in [0.5, 0.6) is 0 Å². The third kappa shape index (κ3) is 5.71. The number of ether oxygens (including phenoxy) is 1. The highest BCUT2D eigenvalue weighted by molar-refractivity contribution is 4.74. The van der Waals surface area contributed by atoms with Gasteiger partial charge in [0.05, 0.1) is 13.2 Å². The van der Waals surface area contributed by atoms with Crippen LogP contribution in [0.4, 0.5) is 0 Å². The Morgan fingerprint density at radius 3 is 2.44 bits per heavy atom. The monoisotopic (exact) mass is 255 g/mol. The van der Waals surface area contributed by atoms with Gasteiger partial charge in [0, 0.05) is 12.6 Å². The van der Waals surface area contributed by atoms with Gasteiger partial charge in [0.15, 0.2) is 0 Å². The van der Waals surface area contributed by atoms with Crippen LogP contribution in [-0.4, -0.2) is 37.2 Å². The Kier molecular flexibility index (Phi) is 8.70. The van der Waals surface area contributed by atoms with E-state index in [1.54, 1.807) is 0 Å². The van der Waals surface area contributed by atoms with Crippen molar-refractivity contribution in [2.24, 2.45) is 5.92 Å². The fourth-order valence-corrected chi connectivity index (χ4v) is 3.26. The largest absolute Gasteiger partial charge is 0.378 e. The Morgan fingerprint density at radius 2 is 1.83 bits per heavy atom. The van der Waals surface area contributed by atoms with E-state index in [2.05, 4.69) is 25.7 Å². The molecule has 0 aromatic carbocycles. The third-order valence-electron chi connectivity index (χ3n) is 4.30. The fraction of sp³-hybridized carbons (Fsp3) is 1.00. The molecule has 0 N–H and O–H groups in total. The van der Waals surface area contributed by atoms with E-state index in [0.29, 0.717) is 6.04 Å². The van der Waals surface area contributed by atoms with Crippen molar-refractivity contribution in [1.29, 1.82) is 0 Å². The van der Waals surface area contributed by atoms with Gasteiger partial charge in [-0.25, -0.2) is 0 Å². The van der Waals surface area contributed by atoms with Crippen molar-refractivity contribution >= 4 is 0 Å². The first-order valence-electron chi connectivity index (χ1n) is 8.13. The first-order chi connectivity index (χ1) is 8.81. The van der Waals surface area contributed by atoms with Crippen molar-refractivity contribution in [1.82, 2.24) is 4.90 Å². The van der Waals surface area contributed by atoms with Gasteiger partial charge in [-0.1, -0.05) is 59.3 Å². The summed E-state index contributed by atoms with van der Waals surface area (Å²) in [5, 5.41) is 0. The second-order valence-electron chi connectivity index (χ2n) is 5.73. The Labute approximate surface area is 114 Å². The van der Waals surface area contributed by atoms with Gasteiger partial charge in [-0.05, 0) is 18.9 Å². The summed E-state index contributed by atoms with van der Waals surface area (Å²) in [7, 11) is 0. The lowest BCUT2D eigenvalue weighted by atomic mass is 9.91. The van der Waals surface area contributed by atoms with Crippen LogP contribution in [0.3, 0.4) is 0 Å². The van der Waals surface area contributed by atoms with Crippen LogP contribution >= 0.6 is 0 Å². The molecule has 0 bridgehead atoms. The van der Waals surface area contributed by atoms with Crippen LogP contribution in [0.1, 0.15) is 65.7 Å². The van der Waals surface area contributed by atoms with E-state index in [4.69, 9.17) is 4.74 Å². The zero-order valence-electron chi connectivity index (χ0n) is 12.8. The first-order valence-corrected chi connectivity index (χ1v) is 8.13. The van der Waals surface area contributed by atoms with Crippen molar-refractivity contribution < 1.29 is 4.74 Å². The Bertz CT molecular complexity index is 190. The average Bonchev–Trinajstić information content (AvgIpc) is 2.40. The lowest BCUT2D eigenvalue weighted by molar-refractivity contribution is -0.00885. The molecule has 1 unspecified atom stereocenters. The van der Waals surface area contributed by atoms with E-state index in [1.807, 2.05) is 0 Å². The van der Waals surface area contributed by atoms with Gasteiger partial charge in [-0.2, -0.15) is 0 Å². The molecule has 1 aliphatic heterocycles. The highest BCUT2D eigenvalue weighted by Gasteiger charge is 2.21. The maximum absolute atomic E-state index is 5.63. The quantitative estimate of drug-likeness (QED) is 0.615. The van der Waals surface area contributed by atoms with Gasteiger partial charge in [-0.3, -0.25) is 4.90 Å². The van der Waals surface area contributed by atoms with E-state index >= 15 is 0 Å². The van der Waals surface area contributed by atoms with Crippen molar-refractivity contribution in [3.63, 3.8) is 0 Å². The van der Waals surface area contributed by atoms with E-state index in [0.717, 1.165) is 25.7 Å². The highest BCUT2D eigenvalue weighted by Crippen LogP contribution is 2.22. The fourth-order valence-electron chi connectivity index (χ4n) is 3.26. The first kappa shape index (κ1) is 16.0. The van der Waals surface area contributed by atoms with Crippen LogP contribution in [0.2, 0.25) is 0 Å². The van der Waals surface area contributed by atoms with Crippen LogP contribution in [0.25, 0.3) is 0 Å². The van der Waals surface area contributed by atoms with Gasteiger partial charge in [-0.15, -0.1) is 0 Å². The van der Waals surface area contributed by atoms with Gasteiger partial charge in [0.2, 0.25) is 0 Å². The summed E-state index contributed by atoms with van der Waals surface area (Å²) >= 11 is 0. The van der Waals surface area contributed by atoms with Gasteiger partial charge in [0.25, 0.3) is 0 Å². The smallest absolute Gasteiger partial charge is 0.0622 e. The number of hydrogen-bond acceptors (Lipinski definition) is 2. The molecule has 0 spiro atoms. The van der Waals surface area contributed by atoms with Gasteiger partial charge < -0.3 is 4.74 Å². The minimum atomic E-state index is 0.688. The van der Waals surface area contributed by atoms with Crippen molar-refractivity contribution in [2.75, 3.05) is 26.3 Å². The highest BCUT2D eigenvalue weighted by atomic mass is 16.5. The van der Waals surface area contributed by atoms with E-state index in [9.17, 15) is 0 Å². The van der Waals surface area contributed by atoms with Crippen LogP contribution < -0.4 is 0 Å². The number of nitrogens with zero attached hydrogens (tertiary/aromatic N) is 1. The Hall–Kier alpha value is -0.0800. The van der Waals surface area contributed by atoms with E-state index < -0.39 is 0 Å². The topological polar surface area (TPSA) is 12.5 Å². The van der Waals surface area contributed by atoms with Gasteiger partial charge in [0.1, 0.15) is 0 Å². The molecule has 2 nitrogen and oxygen atoms in total. The summed E-state index contributed by atoms with van der Waals surface area (Å²) in [6.45, 7) is 11.1. The molecule has 108 valence electrons. The van der Waals surface area contributed by atoms with E-state index in [1.165, 1.54) is 51.5 Å². The maximum Gasteiger partial charge on any atom is 0.0622 e. The Balaban J connectivity index is 2.21. The molecule has 0 aliphatic carbocycles. The Morgan fingerprint density at radius 1 is 1.11 bits per heavy atom. The van der Waals surface area contributed by atoms with Crippen molar-refractivity contribution in [3.05, 3.63) is 0 Å². The third-order valence-corrected chi connectivity index (χ3v) is 4.30. The molecular formula is C16H33NO. The summed E-state index contributed by atoms with van der Waals surface area (Å²) in [6.07, 6.45) is 9.68. The zero-order valence-corrected chi connectivity index (χ0v) is 12.8. The second-order valence-corrected chi connectivity index (χ2v) is 5.73. The summed E-state index contributed by atoms with van der Waals surface area (Å²) in [6, 6.07) is 0.688. The van der Waals surface area contributed by atoms with Crippen LogP contribution in [0, 0.1) is 5.92 Å². The lowest BCUT2D eigenvalue weighted by Gasteiger charge is -2.35. The number of morpholine rings is 1. The summed E-state index contributed by atoms with van der Waals surface area (Å²) in [4.78, 5) is 2.60. The lowest BCUT2D eigenvalue weighted by Crippen LogP contribution is -2.45. The summed E-state index contributed by atoms with van der Waals surface area (Å²) in [5.74, 6) is 0.972. The maximum atomic E-state index is 5.63. The second kappa shape index (κ2) is 9.80. The molecule has 0 aromatic heterocycles. The molecule has 0 saturated carbocycles. The van der Waals surface area contributed by atoms with Crippen LogP contribution in [-0.2, 0) is 4.74 Å². The summed E-state index contributed by atoms with van der Waals surface area (Å²) < 4.78 is 5.63. The minimum absolute atomic E-state index is 0.688. The van der Waals surface area contributed by atoms with Gasteiger partial charge >= 0.3 is 0 Å². The molecule has 2 heteroatoms. The summed E-state index contributed by atoms with van der Waals surface area (Å²) in [5.41, 5.74) is 0. The average molecular weight is 255 g/mol. The molecule has 1 aliphatic rings. The zero-order chi connectivity index (χ0) is 13.2. The molecule has 0 amide bonds. The molecule has 1 heterocycles. The predicted molar refractivity (Wildman–Crippen MR) is 79.0 cm³/mol. The molecule has 18 heavy (non-hydrogen) atoms. The molecule has 1 rings (SSSR count). The number of likely N-dealkylation sites (N-methyl/N-ethyl adjacent to an activating group) is 1. The van der Waals surface area contributed by atoms with Crippen molar-refractivity contribution in [3.8, 4) is 0 Å². The van der Waals surface area contributed by atoms with Crippen molar-refractivity contribution in [2.45, 2.75) is 71.8 Å². The van der Waals surface area contributed by atoms with Crippen LogP contribution in [0.15, 0.2) is 0 Å². The molecule has 1 fully saturated rings. The molecule has 0 radical (unpaired) electrons. The predicted octanol–water partition coefficient (Wildman–Crippen LogP) is 4.09.